The van der Waals surface area contributed by atoms with Crippen LogP contribution in [0.3, 0.4) is 0 Å². The number of hydrogen-bond acceptors (Lipinski definition) is 2. The summed E-state index contributed by atoms with van der Waals surface area (Å²) in [6.45, 7) is 4.37. The van der Waals surface area contributed by atoms with Crippen LogP contribution in [0.4, 0.5) is 11.4 Å². The van der Waals surface area contributed by atoms with Crippen molar-refractivity contribution >= 4 is 11.4 Å². The molecule has 16 heavy (non-hydrogen) atoms. The second-order valence-corrected chi connectivity index (χ2v) is 5.28. The van der Waals surface area contributed by atoms with Crippen molar-refractivity contribution in [1.29, 1.82) is 0 Å². The summed E-state index contributed by atoms with van der Waals surface area (Å²) in [5.74, 6) is 0. The van der Waals surface area contributed by atoms with Gasteiger partial charge in [-0.15, -0.1) is 0 Å². The first kappa shape index (κ1) is 11.3. The highest BCUT2D eigenvalue weighted by Crippen LogP contribution is 2.33. The first-order valence-electron chi connectivity index (χ1n) is 6.24. The molecule has 0 aromatic heterocycles. The fourth-order valence-electron chi connectivity index (χ4n) is 2.57. The summed E-state index contributed by atoms with van der Waals surface area (Å²) >= 11 is 0. The number of nitrogen functional groups attached to an aromatic ring is 1. The SMILES string of the molecule is Cc1cccc(NC2(C)CCCCC2)c1N. The van der Waals surface area contributed by atoms with Crippen LogP contribution >= 0.6 is 0 Å². The number of aryl methyl sites for hydroxylation is 1. The van der Waals surface area contributed by atoms with Crippen molar-refractivity contribution < 1.29 is 0 Å². The monoisotopic (exact) mass is 218 g/mol. The highest BCUT2D eigenvalue weighted by molar-refractivity contribution is 5.70. The van der Waals surface area contributed by atoms with Crippen LogP contribution in [-0.2, 0) is 0 Å². The summed E-state index contributed by atoms with van der Waals surface area (Å²) in [5, 5.41) is 3.64. The van der Waals surface area contributed by atoms with Gasteiger partial charge in [-0.05, 0) is 38.3 Å². The standard InChI is InChI=1S/C14H22N2/c1-11-7-6-8-12(13(11)15)16-14(2)9-4-3-5-10-14/h6-8,16H,3-5,9-10,15H2,1-2H3. The molecule has 0 bridgehead atoms. The molecule has 0 heterocycles. The lowest BCUT2D eigenvalue weighted by molar-refractivity contribution is 0.349. The zero-order chi connectivity index (χ0) is 11.6. The lowest BCUT2D eigenvalue weighted by atomic mass is 9.83. The first-order chi connectivity index (χ1) is 7.61. The lowest BCUT2D eigenvalue weighted by Gasteiger charge is -2.36. The number of anilines is 2. The smallest absolute Gasteiger partial charge is 0.0580 e. The van der Waals surface area contributed by atoms with Crippen molar-refractivity contribution in [2.24, 2.45) is 0 Å². The molecule has 1 fully saturated rings. The summed E-state index contributed by atoms with van der Waals surface area (Å²) in [4.78, 5) is 0. The van der Waals surface area contributed by atoms with Gasteiger partial charge in [0.1, 0.15) is 0 Å². The van der Waals surface area contributed by atoms with E-state index in [0.29, 0.717) is 0 Å². The van der Waals surface area contributed by atoms with Crippen molar-refractivity contribution in [3.05, 3.63) is 23.8 Å². The average Bonchev–Trinajstić information content (AvgIpc) is 2.26. The Labute approximate surface area is 98.2 Å². The molecule has 1 saturated carbocycles. The maximum atomic E-state index is 6.10. The van der Waals surface area contributed by atoms with Gasteiger partial charge < -0.3 is 11.1 Å². The quantitative estimate of drug-likeness (QED) is 0.743. The van der Waals surface area contributed by atoms with Gasteiger partial charge in [-0.25, -0.2) is 0 Å². The first-order valence-corrected chi connectivity index (χ1v) is 6.24. The largest absolute Gasteiger partial charge is 0.397 e. The van der Waals surface area contributed by atoms with Gasteiger partial charge in [0, 0.05) is 5.54 Å². The number of rotatable bonds is 2. The Kier molecular flexibility index (Phi) is 3.08. The maximum Gasteiger partial charge on any atom is 0.0580 e. The second kappa shape index (κ2) is 4.36. The van der Waals surface area contributed by atoms with E-state index in [1.54, 1.807) is 0 Å². The predicted molar refractivity (Wildman–Crippen MR) is 70.7 cm³/mol. The minimum Gasteiger partial charge on any atom is -0.397 e. The Bertz CT molecular complexity index is 365. The summed E-state index contributed by atoms with van der Waals surface area (Å²) in [6.07, 6.45) is 6.53. The van der Waals surface area contributed by atoms with Crippen LogP contribution in [0.15, 0.2) is 18.2 Å². The molecule has 2 nitrogen and oxygen atoms in total. The summed E-state index contributed by atoms with van der Waals surface area (Å²) < 4.78 is 0. The molecule has 1 aromatic carbocycles. The van der Waals surface area contributed by atoms with Crippen LogP contribution < -0.4 is 11.1 Å². The summed E-state index contributed by atoms with van der Waals surface area (Å²) in [7, 11) is 0. The zero-order valence-electron chi connectivity index (χ0n) is 10.3. The topological polar surface area (TPSA) is 38.0 Å². The van der Waals surface area contributed by atoms with Crippen molar-refractivity contribution in [3.8, 4) is 0 Å². The molecule has 0 saturated heterocycles. The summed E-state index contributed by atoms with van der Waals surface area (Å²) in [6, 6.07) is 6.21. The van der Waals surface area contributed by atoms with Crippen molar-refractivity contribution in [2.75, 3.05) is 11.1 Å². The highest BCUT2D eigenvalue weighted by Gasteiger charge is 2.26. The minimum atomic E-state index is 0.236. The molecule has 0 amide bonds. The Hall–Kier alpha value is -1.18. The molecule has 0 unspecified atom stereocenters. The van der Waals surface area contributed by atoms with Gasteiger partial charge in [0.2, 0.25) is 0 Å². The number of nitrogens with two attached hydrogens (primary N) is 1. The minimum absolute atomic E-state index is 0.236. The molecule has 1 aliphatic carbocycles. The Morgan fingerprint density at radius 1 is 1.19 bits per heavy atom. The second-order valence-electron chi connectivity index (χ2n) is 5.28. The zero-order valence-corrected chi connectivity index (χ0v) is 10.3. The van der Waals surface area contributed by atoms with E-state index >= 15 is 0 Å². The van der Waals surface area contributed by atoms with Gasteiger partial charge >= 0.3 is 0 Å². The van der Waals surface area contributed by atoms with Gasteiger partial charge in [-0.2, -0.15) is 0 Å². The molecule has 88 valence electrons. The fraction of sp³-hybridized carbons (Fsp3) is 0.571. The van der Waals surface area contributed by atoms with E-state index in [0.717, 1.165) is 16.9 Å². The predicted octanol–water partition coefficient (Wildman–Crippen LogP) is 3.71. The summed E-state index contributed by atoms with van der Waals surface area (Å²) in [5.41, 5.74) is 9.49. The van der Waals surface area contributed by atoms with Gasteiger partial charge in [-0.3, -0.25) is 0 Å². The Morgan fingerprint density at radius 3 is 2.56 bits per heavy atom. The van der Waals surface area contributed by atoms with Crippen LogP contribution in [0.25, 0.3) is 0 Å². The van der Waals surface area contributed by atoms with E-state index in [1.807, 2.05) is 0 Å². The third-order valence-electron chi connectivity index (χ3n) is 3.72. The molecule has 1 aromatic rings. The molecule has 0 spiro atoms. The van der Waals surface area contributed by atoms with E-state index in [9.17, 15) is 0 Å². The van der Waals surface area contributed by atoms with Gasteiger partial charge in [0.05, 0.1) is 11.4 Å². The molecule has 2 heteroatoms. The molecule has 2 rings (SSSR count). The van der Waals surface area contributed by atoms with Gasteiger partial charge in [0.15, 0.2) is 0 Å². The normalized spacial score (nSPS) is 19.4. The van der Waals surface area contributed by atoms with E-state index in [1.165, 1.54) is 32.1 Å². The molecular weight excluding hydrogens is 196 g/mol. The Morgan fingerprint density at radius 2 is 1.88 bits per heavy atom. The van der Waals surface area contributed by atoms with Crippen LogP contribution in [0.2, 0.25) is 0 Å². The molecule has 0 atom stereocenters. The van der Waals surface area contributed by atoms with Gasteiger partial charge in [-0.1, -0.05) is 31.4 Å². The van der Waals surface area contributed by atoms with Crippen LogP contribution in [0.1, 0.15) is 44.6 Å². The maximum absolute atomic E-state index is 6.10. The van der Waals surface area contributed by atoms with Crippen molar-refractivity contribution in [3.63, 3.8) is 0 Å². The average molecular weight is 218 g/mol. The van der Waals surface area contributed by atoms with Crippen LogP contribution in [0.5, 0.6) is 0 Å². The number of hydrogen-bond donors (Lipinski definition) is 2. The fourth-order valence-corrected chi connectivity index (χ4v) is 2.57. The number of nitrogens with one attached hydrogen (secondary N) is 1. The molecule has 0 aliphatic heterocycles. The lowest BCUT2D eigenvalue weighted by Crippen LogP contribution is -2.37. The van der Waals surface area contributed by atoms with E-state index in [4.69, 9.17) is 5.73 Å². The molecule has 3 N–H and O–H groups in total. The van der Waals surface area contributed by atoms with Crippen molar-refractivity contribution in [1.82, 2.24) is 0 Å². The van der Waals surface area contributed by atoms with E-state index in [2.05, 4.69) is 37.4 Å². The third-order valence-corrected chi connectivity index (χ3v) is 3.72. The molecular formula is C14H22N2. The van der Waals surface area contributed by atoms with E-state index < -0.39 is 0 Å². The Balaban J connectivity index is 2.16. The highest BCUT2D eigenvalue weighted by atomic mass is 15.0. The molecule has 0 radical (unpaired) electrons. The van der Waals surface area contributed by atoms with E-state index in [-0.39, 0.29) is 5.54 Å². The number of benzene rings is 1. The van der Waals surface area contributed by atoms with Crippen LogP contribution in [-0.4, -0.2) is 5.54 Å². The van der Waals surface area contributed by atoms with Crippen LogP contribution in [0, 0.1) is 6.92 Å². The van der Waals surface area contributed by atoms with Gasteiger partial charge in [0.25, 0.3) is 0 Å². The number of para-hydroxylation sites is 1. The van der Waals surface area contributed by atoms with Crippen molar-refractivity contribution in [2.45, 2.75) is 51.5 Å². The molecule has 1 aliphatic rings. The third kappa shape index (κ3) is 2.31.